The third-order valence-corrected chi connectivity index (χ3v) is 7.94. The Morgan fingerprint density at radius 3 is 1.98 bits per heavy atom. The van der Waals surface area contributed by atoms with Crippen molar-refractivity contribution in [1.29, 1.82) is 0 Å². The van der Waals surface area contributed by atoms with Gasteiger partial charge in [0.25, 0.3) is 5.91 Å². The number of benzene rings is 3. The number of amides is 3. The molecule has 41 heavy (non-hydrogen) atoms. The Hall–Kier alpha value is -2.83. The van der Waals surface area contributed by atoms with Crippen molar-refractivity contribution in [3.8, 4) is 0 Å². The maximum absolute atomic E-state index is 14.3. The summed E-state index contributed by atoms with van der Waals surface area (Å²) in [7, 11) is 0. The number of nitrogens with one attached hydrogen (secondary N) is 3. The lowest BCUT2D eigenvalue weighted by Crippen LogP contribution is -2.30. The fraction of sp³-hybridized carbons (Fsp3) is 0.160. The van der Waals surface area contributed by atoms with E-state index >= 15 is 0 Å². The molecule has 6 nitrogen and oxygen atoms in total. The first-order valence-electron chi connectivity index (χ1n) is 11.1. The van der Waals surface area contributed by atoms with Crippen LogP contribution in [0.1, 0.15) is 21.8 Å². The second-order valence-corrected chi connectivity index (χ2v) is 11.4. The summed E-state index contributed by atoms with van der Waals surface area (Å²) in [6, 6.07) is 9.01. The van der Waals surface area contributed by atoms with E-state index in [0.717, 1.165) is 6.07 Å². The van der Waals surface area contributed by atoms with Crippen LogP contribution in [0.3, 0.4) is 0 Å². The second kappa shape index (κ2) is 11.4. The van der Waals surface area contributed by atoms with Gasteiger partial charge in [0, 0.05) is 17.7 Å². The first-order chi connectivity index (χ1) is 19.0. The summed E-state index contributed by atoms with van der Waals surface area (Å²) < 4.78 is 64.4. The standard InChI is InChI=1S/C25H13Cl5F5N3O3/c26-12-4-2-10(36-22(40)20-19(24(20,29)30)9-1-3-13(27)14(28)5-9)6-11(12)21(39)37-17-8-18(16(32)7-15(17)31)38-23(41)25(33,34)35/h1-8,19-20H,(H,36,40)(H,37,39)(H,38,41)/t19-,20?/m0/s1. The Morgan fingerprint density at radius 2 is 1.37 bits per heavy atom. The lowest BCUT2D eigenvalue weighted by molar-refractivity contribution is -0.167. The van der Waals surface area contributed by atoms with E-state index in [2.05, 4.69) is 5.32 Å². The molecule has 2 atom stereocenters. The van der Waals surface area contributed by atoms with Crippen molar-refractivity contribution in [3.63, 3.8) is 0 Å². The maximum Gasteiger partial charge on any atom is 0.471 e. The van der Waals surface area contributed by atoms with Crippen LogP contribution >= 0.6 is 58.0 Å². The Morgan fingerprint density at radius 1 is 0.756 bits per heavy atom. The maximum atomic E-state index is 14.3. The van der Waals surface area contributed by atoms with Gasteiger partial charge in [-0.15, -0.1) is 23.2 Å². The van der Waals surface area contributed by atoms with E-state index in [1.807, 2.05) is 5.32 Å². The topological polar surface area (TPSA) is 87.3 Å². The molecule has 216 valence electrons. The molecule has 3 amide bonds. The van der Waals surface area contributed by atoms with E-state index in [1.54, 1.807) is 6.07 Å². The molecule has 0 radical (unpaired) electrons. The average molecular weight is 676 g/mol. The minimum Gasteiger partial charge on any atom is -0.326 e. The van der Waals surface area contributed by atoms with E-state index in [1.165, 1.54) is 29.6 Å². The van der Waals surface area contributed by atoms with Gasteiger partial charge >= 0.3 is 12.1 Å². The van der Waals surface area contributed by atoms with Crippen molar-refractivity contribution >= 4 is 92.8 Å². The highest BCUT2D eigenvalue weighted by Gasteiger charge is 2.67. The number of anilines is 3. The van der Waals surface area contributed by atoms with Crippen LogP contribution in [-0.2, 0) is 9.59 Å². The summed E-state index contributed by atoms with van der Waals surface area (Å²) in [5, 5.41) is 6.22. The van der Waals surface area contributed by atoms with E-state index in [0.29, 0.717) is 16.7 Å². The Kier molecular flexibility index (Phi) is 8.69. The number of halogens is 10. The summed E-state index contributed by atoms with van der Waals surface area (Å²) in [6.07, 6.45) is -5.35. The molecule has 0 aliphatic heterocycles. The predicted molar refractivity (Wildman–Crippen MR) is 146 cm³/mol. The zero-order chi connectivity index (χ0) is 30.4. The van der Waals surface area contributed by atoms with Gasteiger partial charge in [0.05, 0.1) is 37.9 Å². The summed E-state index contributed by atoms with van der Waals surface area (Å²) in [5.41, 5.74) is -1.48. The fourth-order valence-corrected chi connectivity index (χ4v) is 5.23. The van der Waals surface area contributed by atoms with Gasteiger partial charge in [-0.3, -0.25) is 14.4 Å². The molecule has 0 heterocycles. The van der Waals surface area contributed by atoms with Gasteiger partial charge in [-0.1, -0.05) is 40.9 Å². The first kappa shape index (κ1) is 31.1. The zero-order valence-electron chi connectivity index (χ0n) is 19.8. The number of hydrogen-bond donors (Lipinski definition) is 3. The highest BCUT2D eigenvalue weighted by Crippen LogP contribution is 2.65. The third-order valence-electron chi connectivity index (χ3n) is 5.93. The molecule has 0 spiro atoms. The van der Waals surface area contributed by atoms with Crippen LogP contribution in [0.5, 0.6) is 0 Å². The monoisotopic (exact) mass is 673 g/mol. The number of alkyl halides is 5. The average Bonchev–Trinajstić information content (AvgIpc) is 3.46. The SMILES string of the molecule is O=C(Nc1cc(NC(=O)C(F)(F)F)c(F)cc1F)c1cc(NC(=O)C2[C@H](c3ccc(Cl)c(Cl)c3)C2(Cl)Cl)ccc1Cl. The quantitative estimate of drug-likeness (QED) is 0.182. The van der Waals surface area contributed by atoms with Crippen molar-refractivity contribution in [1.82, 2.24) is 0 Å². The van der Waals surface area contributed by atoms with Gasteiger partial charge in [-0.05, 0) is 42.0 Å². The molecule has 16 heteroatoms. The zero-order valence-corrected chi connectivity index (χ0v) is 23.6. The van der Waals surface area contributed by atoms with Gasteiger partial charge in [0.1, 0.15) is 16.0 Å². The molecule has 1 aliphatic carbocycles. The molecule has 1 aliphatic rings. The number of rotatable bonds is 6. The molecule has 0 saturated heterocycles. The van der Waals surface area contributed by atoms with Crippen molar-refractivity contribution in [2.75, 3.05) is 16.0 Å². The summed E-state index contributed by atoms with van der Waals surface area (Å²) in [4.78, 5) is 37.0. The lowest BCUT2D eigenvalue weighted by Gasteiger charge is -2.13. The Labute approximate surface area is 253 Å². The van der Waals surface area contributed by atoms with Crippen LogP contribution in [0.15, 0.2) is 48.5 Å². The fourth-order valence-electron chi connectivity index (χ4n) is 3.89. The van der Waals surface area contributed by atoms with Gasteiger partial charge in [-0.25, -0.2) is 8.78 Å². The van der Waals surface area contributed by atoms with Gasteiger partial charge < -0.3 is 16.0 Å². The largest absolute Gasteiger partial charge is 0.471 e. The minimum absolute atomic E-state index is 0.0613. The molecular weight excluding hydrogens is 663 g/mol. The number of hydrogen-bond acceptors (Lipinski definition) is 3. The molecule has 4 rings (SSSR count). The summed E-state index contributed by atoms with van der Waals surface area (Å²) >= 11 is 30.8. The van der Waals surface area contributed by atoms with E-state index < -0.39 is 63.1 Å². The normalized spacial score (nSPS) is 17.5. The highest BCUT2D eigenvalue weighted by molar-refractivity contribution is 6.53. The Bertz CT molecular complexity index is 1590. The molecule has 1 saturated carbocycles. The highest BCUT2D eigenvalue weighted by atomic mass is 35.5. The second-order valence-electron chi connectivity index (χ2n) is 8.71. The smallest absolute Gasteiger partial charge is 0.326 e. The van der Waals surface area contributed by atoms with Crippen LogP contribution in [0.4, 0.5) is 39.0 Å². The molecule has 0 aromatic heterocycles. The first-order valence-corrected chi connectivity index (χ1v) is 13.0. The van der Waals surface area contributed by atoms with Crippen molar-refractivity contribution in [2.45, 2.75) is 16.4 Å². The third kappa shape index (κ3) is 6.65. The van der Waals surface area contributed by atoms with Crippen LogP contribution in [0.2, 0.25) is 15.1 Å². The van der Waals surface area contributed by atoms with E-state index in [9.17, 15) is 36.3 Å². The number of carbonyl (C=O) groups is 3. The molecule has 3 aromatic carbocycles. The van der Waals surface area contributed by atoms with Crippen LogP contribution in [-0.4, -0.2) is 28.2 Å². The summed E-state index contributed by atoms with van der Waals surface area (Å²) in [5.74, 6) is -8.64. The molecule has 1 unspecified atom stereocenters. The molecular formula is C25H13Cl5F5N3O3. The van der Waals surface area contributed by atoms with E-state index in [4.69, 9.17) is 58.0 Å². The van der Waals surface area contributed by atoms with Gasteiger partial charge in [0.2, 0.25) is 5.91 Å². The molecule has 0 bridgehead atoms. The van der Waals surface area contributed by atoms with Crippen molar-refractivity contribution in [3.05, 3.63) is 86.4 Å². The minimum atomic E-state index is -5.35. The Balaban J connectivity index is 1.51. The van der Waals surface area contributed by atoms with Crippen LogP contribution in [0.25, 0.3) is 0 Å². The summed E-state index contributed by atoms with van der Waals surface area (Å²) in [6.45, 7) is 0. The molecule has 3 aromatic rings. The number of carbonyl (C=O) groups excluding carboxylic acids is 3. The van der Waals surface area contributed by atoms with Crippen LogP contribution in [0, 0.1) is 17.6 Å². The van der Waals surface area contributed by atoms with Crippen molar-refractivity contribution in [2.24, 2.45) is 5.92 Å². The van der Waals surface area contributed by atoms with Crippen LogP contribution < -0.4 is 16.0 Å². The lowest BCUT2D eigenvalue weighted by atomic mass is 10.1. The van der Waals surface area contributed by atoms with E-state index in [-0.39, 0.29) is 27.4 Å². The molecule has 3 N–H and O–H groups in total. The van der Waals surface area contributed by atoms with Crippen molar-refractivity contribution < 1.29 is 36.3 Å². The van der Waals surface area contributed by atoms with Gasteiger partial charge in [0.15, 0.2) is 0 Å². The predicted octanol–water partition coefficient (Wildman–Crippen LogP) is 8.20. The van der Waals surface area contributed by atoms with Gasteiger partial charge in [-0.2, -0.15) is 13.2 Å². The molecule has 1 fully saturated rings.